The van der Waals surface area contributed by atoms with E-state index in [0.717, 1.165) is 17.7 Å². The number of hydrogen-bond acceptors (Lipinski definition) is 5. The molecule has 1 aliphatic heterocycles. The average molecular weight is 368 g/mol. The summed E-state index contributed by atoms with van der Waals surface area (Å²) in [5.74, 6) is -0.186. The van der Waals surface area contributed by atoms with Gasteiger partial charge in [0.2, 0.25) is 11.8 Å². The number of para-hydroxylation sites is 2. The topological polar surface area (TPSA) is 105 Å². The van der Waals surface area contributed by atoms with E-state index in [9.17, 15) is 19.7 Å². The second-order valence-electron chi connectivity index (χ2n) is 6.26. The van der Waals surface area contributed by atoms with E-state index in [1.54, 1.807) is 29.2 Å². The normalized spacial score (nSPS) is 12.4. The molecule has 1 aliphatic rings. The first kappa shape index (κ1) is 18.4. The summed E-state index contributed by atoms with van der Waals surface area (Å²) in [5, 5.41) is 16.7. The van der Waals surface area contributed by atoms with Crippen LogP contribution in [0.4, 0.5) is 22.7 Å². The summed E-state index contributed by atoms with van der Waals surface area (Å²) < 4.78 is 0. The summed E-state index contributed by atoms with van der Waals surface area (Å²) >= 11 is 0. The Labute approximate surface area is 156 Å². The summed E-state index contributed by atoms with van der Waals surface area (Å²) in [5.41, 5.74) is 2.96. The van der Waals surface area contributed by atoms with Gasteiger partial charge in [0.25, 0.3) is 5.69 Å². The lowest BCUT2D eigenvalue weighted by Gasteiger charge is -2.15. The molecule has 0 aliphatic carbocycles. The first-order valence-electron chi connectivity index (χ1n) is 8.64. The average Bonchev–Trinajstić information content (AvgIpc) is 3.05. The third-order valence-corrected chi connectivity index (χ3v) is 4.41. The number of hydrogen-bond donors (Lipinski definition) is 2. The second kappa shape index (κ2) is 7.86. The van der Waals surface area contributed by atoms with Crippen molar-refractivity contribution in [2.75, 3.05) is 28.6 Å². The van der Waals surface area contributed by atoms with Crippen LogP contribution in [0, 0.1) is 10.1 Å². The number of carbonyl (C=O) groups excluding carboxylic acids is 2. The van der Waals surface area contributed by atoms with Crippen molar-refractivity contribution in [1.82, 2.24) is 0 Å². The maximum atomic E-state index is 12.1. The molecule has 140 valence electrons. The van der Waals surface area contributed by atoms with Crippen molar-refractivity contribution < 1.29 is 14.5 Å². The highest BCUT2D eigenvalue weighted by molar-refractivity contribution is 5.95. The van der Waals surface area contributed by atoms with Crippen LogP contribution in [0.5, 0.6) is 0 Å². The van der Waals surface area contributed by atoms with Crippen molar-refractivity contribution in [2.45, 2.75) is 19.8 Å². The molecule has 0 radical (unpaired) electrons. The largest absolute Gasteiger partial charge is 0.379 e. The molecule has 0 atom stereocenters. The van der Waals surface area contributed by atoms with Gasteiger partial charge >= 0.3 is 0 Å². The van der Waals surface area contributed by atoms with Crippen LogP contribution < -0.4 is 15.5 Å². The molecule has 3 rings (SSSR count). The number of amides is 2. The Bertz CT molecular complexity index is 897. The highest BCUT2D eigenvalue weighted by Gasteiger charge is 2.22. The maximum absolute atomic E-state index is 12.1. The Morgan fingerprint density at radius 2 is 2.00 bits per heavy atom. The third-order valence-electron chi connectivity index (χ3n) is 4.41. The Balaban J connectivity index is 1.55. The molecule has 27 heavy (non-hydrogen) atoms. The van der Waals surface area contributed by atoms with E-state index in [4.69, 9.17) is 0 Å². The van der Waals surface area contributed by atoms with Gasteiger partial charge in [-0.05, 0) is 36.2 Å². The molecular weight excluding hydrogens is 348 g/mol. The van der Waals surface area contributed by atoms with Crippen molar-refractivity contribution in [3.05, 3.63) is 58.1 Å². The fourth-order valence-electron chi connectivity index (χ4n) is 3.12. The van der Waals surface area contributed by atoms with Crippen LogP contribution in [-0.2, 0) is 16.0 Å². The van der Waals surface area contributed by atoms with E-state index in [1.807, 2.05) is 12.1 Å². The molecule has 2 aromatic rings. The number of carbonyl (C=O) groups is 2. The number of nitro benzene ring substituents is 1. The Morgan fingerprint density at radius 1 is 1.22 bits per heavy atom. The Morgan fingerprint density at radius 3 is 2.74 bits per heavy atom. The van der Waals surface area contributed by atoms with E-state index in [1.165, 1.54) is 13.0 Å². The van der Waals surface area contributed by atoms with Gasteiger partial charge in [0.05, 0.1) is 4.92 Å². The Hall–Kier alpha value is -3.42. The zero-order valence-electron chi connectivity index (χ0n) is 14.9. The van der Waals surface area contributed by atoms with E-state index >= 15 is 0 Å². The van der Waals surface area contributed by atoms with Crippen LogP contribution in [0.2, 0.25) is 0 Å². The zero-order chi connectivity index (χ0) is 19.4. The first-order chi connectivity index (χ1) is 13.0. The monoisotopic (exact) mass is 368 g/mol. The summed E-state index contributed by atoms with van der Waals surface area (Å²) in [6, 6.07) is 11.8. The van der Waals surface area contributed by atoms with E-state index in [0.29, 0.717) is 17.9 Å². The van der Waals surface area contributed by atoms with Gasteiger partial charge in [0.15, 0.2) is 0 Å². The summed E-state index contributed by atoms with van der Waals surface area (Å²) in [4.78, 5) is 36.0. The Kier molecular flexibility index (Phi) is 5.35. The van der Waals surface area contributed by atoms with Gasteiger partial charge in [0.1, 0.15) is 5.69 Å². The van der Waals surface area contributed by atoms with E-state index in [2.05, 4.69) is 10.6 Å². The predicted molar refractivity (Wildman–Crippen MR) is 103 cm³/mol. The lowest BCUT2D eigenvalue weighted by atomic mass is 10.1. The lowest BCUT2D eigenvalue weighted by Crippen LogP contribution is -2.25. The van der Waals surface area contributed by atoms with Crippen LogP contribution >= 0.6 is 0 Å². The molecular formula is C19H20N4O4. The van der Waals surface area contributed by atoms with Crippen LogP contribution in [0.15, 0.2) is 42.5 Å². The molecule has 0 spiro atoms. The minimum atomic E-state index is -0.461. The molecule has 0 aromatic heterocycles. The van der Waals surface area contributed by atoms with E-state index < -0.39 is 4.92 Å². The van der Waals surface area contributed by atoms with Crippen LogP contribution in [0.3, 0.4) is 0 Å². The molecule has 0 fully saturated rings. The van der Waals surface area contributed by atoms with Gasteiger partial charge in [-0.15, -0.1) is 0 Å². The molecule has 0 unspecified atom stereocenters. The highest BCUT2D eigenvalue weighted by atomic mass is 16.6. The molecule has 2 aromatic carbocycles. The van der Waals surface area contributed by atoms with Crippen molar-refractivity contribution >= 4 is 34.6 Å². The van der Waals surface area contributed by atoms with Crippen molar-refractivity contribution in [3.8, 4) is 0 Å². The summed E-state index contributed by atoms with van der Waals surface area (Å²) in [7, 11) is 0. The number of benzene rings is 2. The summed E-state index contributed by atoms with van der Waals surface area (Å²) in [6.45, 7) is 2.47. The van der Waals surface area contributed by atoms with Crippen molar-refractivity contribution in [1.29, 1.82) is 0 Å². The maximum Gasteiger partial charge on any atom is 0.292 e. The molecule has 0 bridgehead atoms. The van der Waals surface area contributed by atoms with Gasteiger partial charge in [-0.2, -0.15) is 0 Å². The van der Waals surface area contributed by atoms with Gasteiger partial charge in [-0.1, -0.05) is 12.1 Å². The number of nitrogens with zero attached hydrogens (tertiary/aromatic N) is 2. The molecule has 2 N–H and O–H groups in total. The second-order valence-corrected chi connectivity index (χ2v) is 6.26. The number of rotatable bonds is 6. The standard InChI is InChI=1S/C19H20N4O4/c1-13(24)22-11-9-14-12-15(6-7-17(14)22)21-19(25)8-10-20-16-4-2-3-5-18(16)23(26)27/h2-7,12,20H,8-11H2,1H3,(H,21,25). The lowest BCUT2D eigenvalue weighted by molar-refractivity contribution is -0.384. The van der Waals surface area contributed by atoms with Gasteiger partial charge < -0.3 is 15.5 Å². The van der Waals surface area contributed by atoms with Crippen LogP contribution in [0.25, 0.3) is 0 Å². The smallest absolute Gasteiger partial charge is 0.292 e. The number of fused-ring (bicyclic) bond motifs is 1. The van der Waals surface area contributed by atoms with Gasteiger partial charge in [-0.25, -0.2) is 0 Å². The molecule has 8 heteroatoms. The number of nitrogens with one attached hydrogen (secondary N) is 2. The van der Waals surface area contributed by atoms with Gasteiger partial charge in [-0.3, -0.25) is 19.7 Å². The molecule has 2 amide bonds. The molecule has 0 saturated heterocycles. The quantitative estimate of drug-likeness (QED) is 0.602. The molecule has 1 heterocycles. The zero-order valence-corrected chi connectivity index (χ0v) is 14.9. The SMILES string of the molecule is CC(=O)N1CCc2cc(NC(=O)CCNc3ccccc3[N+](=O)[O-])ccc21. The van der Waals surface area contributed by atoms with Crippen LogP contribution in [0.1, 0.15) is 18.9 Å². The fraction of sp³-hybridized carbons (Fsp3) is 0.263. The molecule has 8 nitrogen and oxygen atoms in total. The minimum Gasteiger partial charge on any atom is -0.379 e. The molecule has 0 saturated carbocycles. The van der Waals surface area contributed by atoms with E-state index in [-0.39, 0.29) is 30.5 Å². The minimum absolute atomic E-state index is 0.00613. The first-order valence-corrected chi connectivity index (χ1v) is 8.64. The van der Waals surface area contributed by atoms with Crippen molar-refractivity contribution in [3.63, 3.8) is 0 Å². The highest BCUT2D eigenvalue weighted by Crippen LogP contribution is 2.30. The number of anilines is 3. The van der Waals surface area contributed by atoms with Crippen LogP contribution in [-0.4, -0.2) is 29.8 Å². The fourth-order valence-corrected chi connectivity index (χ4v) is 3.12. The summed E-state index contributed by atoms with van der Waals surface area (Å²) in [6.07, 6.45) is 0.931. The van der Waals surface area contributed by atoms with Crippen molar-refractivity contribution in [2.24, 2.45) is 0 Å². The predicted octanol–water partition coefficient (Wildman–Crippen LogP) is 2.94. The number of nitro groups is 1. The third kappa shape index (κ3) is 4.22. The van der Waals surface area contributed by atoms with Gasteiger partial charge in [0, 0.05) is 43.9 Å².